The van der Waals surface area contributed by atoms with E-state index < -0.39 is 5.60 Å². The Morgan fingerprint density at radius 2 is 2.07 bits per heavy atom. The SMILES string of the molecule is Cc1cc(C)n2ncc(C(=O)N3CCC4(CC(=O)c5ccccc5O4)C3)c2n1. The van der Waals surface area contributed by atoms with E-state index in [1.54, 1.807) is 21.7 Å². The molecule has 0 N–H and O–H groups in total. The summed E-state index contributed by atoms with van der Waals surface area (Å²) in [4.78, 5) is 32.0. The molecule has 4 heterocycles. The molecular weight excluding hydrogens is 356 g/mol. The number of ether oxygens (including phenoxy) is 1. The summed E-state index contributed by atoms with van der Waals surface area (Å²) >= 11 is 0. The van der Waals surface area contributed by atoms with Crippen LogP contribution < -0.4 is 4.74 Å². The third-order valence-electron chi connectivity index (χ3n) is 5.61. The number of carbonyl (C=O) groups is 2. The van der Waals surface area contributed by atoms with Gasteiger partial charge < -0.3 is 9.64 Å². The first kappa shape index (κ1) is 16.9. The van der Waals surface area contributed by atoms with E-state index in [0.717, 1.165) is 11.4 Å². The predicted octanol–water partition coefficient (Wildman–Crippen LogP) is 2.60. The highest BCUT2D eigenvalue weighted by Crippen LogP contribution is 2.39. The van der Waals surface area contributed by atoms with Gasteiger partial charge in [-0.3, -0.25) is 9.59 Å². The number of hydrogen-bond acceptors (Lipinski definition) is 5. The summed E-state index contributed by atoms with van der Waals surface area (Å²) in [6, 6.07) is 9.23. The first-order valence-electron chi connectivity index (χ1n) is 9.38. The molecule has 1 unspecified atom stereocenters. The monoisotopic (exact) mass is 376 g/mol. The molecule has 28 heavy (non-hydrogen) atoms. The topological polar surface area (TPSA) is 76.8 Å². The van der Waals surface area contributed by atoms with Crippen molar-refractivity contribution in [1.29, 1.82) is 0 Å². The maximum absolute atomic E-state index is 13.2. The summed E-state index contributed by atoms with van der Waals surface area (Å²) in [6.45, 7) is 4.76. The van der Waals surface area contributed by atoms with E-state index in [0.29, 0.717) is 48.5 Å². The highest BCUT2D eigenvalue weighted by molar-refractivity contribution is 6.01. The number of fused-ring (bicyclic) bond motifs is 2. The van der Waals surface area contributed by atoms with Gasteiger partial charge in [-0.1, -0.05) is 12.1 Å². The van der Waals surface area contributed by atoms with Crippen molar-refractivity contribution in [3.05, 3.63) is 59.0 Å². The first-order chi connectivity index (χ1) is 13.5. The minimum atomic E-state index is -0.649. The third kappa shape index (κ3) is 2.50. The van der Waals surface area contributed by atoms with E-state index in [1.807, 2.05) is 38.1 Å². The van der Waals surface area contributed by atoms with Crippen molar-refractivity contribution in [2.75, 3.05) is 13.1 Å². The summed E-state index contributed by atoms with van der Waals surface area (Å²) in [5.41, 5.74) is 2.78. The van der Waals surface area contributed by atoms with Crippen LogP contribution in [0.5, 0.6) is 5.75 Å². The van der Waals surface area contributed by atoms with Gasteiger partial charge in [-0.05, 0) is 32.0 Å². The molecule has 2 aromatic heterocycles. The summed E-state index contributed by atoms with van der Waals surface area (Å²) in [6.07, 6.45) is 2.49. The van der Waals surface area contributed by atoms with Crippen LogP contribution in [0, 0.1) is 13.8 Å². The quantitative estimate of drug-likeness (QED) is 0.652. The fourth-order valence-electron chi connectivity index (χ4n) is 4.28. The van der Waals surface area contributed by atoms with Crippen molar-refractivity contribution < 1.29 is 14.3 Å². The van der Waals surface area contributed by atoms with Gasteiger partial charge in [-0.15, -0.1) is 0 Å². The standard InChI is InChI=1S/C21H20N4O3/c1-13-9-14(2)25-19(23-13)16(11-22-25)20(27)24-8-7-21(12-24)10-17(26)15-5-3-4-6-18(15)28-21/h3-6,9,11H,7-8,10,12H2,1-2H3. The minimum Gasteiger partial charge on any atom is -0.484 e. The Hall–Kier alpha value is -3.22. The number of carbonyl (C=O) groups excluding carboxylic acids is 2. The van der Waals surface area contributed by atoms with Crippen LogP contribution in [-0.2, 0) is 0 Å². The molecule has 7 heteroatoms. The lowest BCUT2D eigenvalue weighted by Gasteiger charge is -2.34. The van der Waals surface area contributed by atoms with Gasteiger partial charge in [-0.2, -0.15) is 5.10 Å². The molecule has 2 aliphatic rings. The fourth-order valence-corrected chi connectivity index (χ4v) is 4.28. The van der Waals surface area contributed by atoms with E-state index in [2.05, 4.69) is 10.1 Å². The van der Waals surface area contributed by atoms with Gasteiger partial charge >= 0.3 is 0 Å². The maximum Gasteiger partial charge on any atom is 0.259 e. The van der Waals surface area contributed by atoms with Gasteiger partial charge in [0.1, 0.15) is 16.9 Å². The van der Waals surface area contributed by atoms with E-state index in [4.69, 9.17) is 4.74 Å². The van der Waals surface area contributed by atoms with Gasteiger partial charge in [0.2, 0.25) is 0 Å². The molecule has 0 saturated carbocycles. The normalized spacial score (nSPS) is 21.2. The second kappa shape index (κ2) is 5.89. The summed E-state index contributed by atoms with van der Waals surface area (Å²) in [7, 11) is 0. The van der Waals surface area contributed by atoms with E-state index in [9.17, 15) is 9.59 Å². The number of aryl methyl sites for hydroxylation is 2. The van der Waals surface area contributed by atoms with E-state index in [1.165, 1.54) is 0 Å². The number of rotatable bonds is 1. The number of para-hydroxylation sites is 1. The van der Waals surface area contributed by atoms with Crippen molar-refractivity contribution in [2.45, 2.75) is 32.3 Å². The van der Waals surface area contributed by atoms with Crippen molar-refractivity contribution in [2.24, 2.45) is 0 Å². The molecule has 0 aliphatic carbocycles. The van der Waals surface area contributed by atoms with Crippen LogP contribution in [0.4, 0.5) is 0 Å². The molecule has 0 radical (unpaired) electrons. The van der Waals surface area contributed by atoms with Crippen LogP contribution in [-0.4, -0.2) is 49.9 Å². The fraction of sp³-hybridized carbons (Fsp3) is 0.333. The first-order valence-corrected chi connectivity index (χ1v) is 9.38. The summed E-state index contributed by atoms with van der Waals surface area (Å²) in [5, 5.41) is 4.32. The average molecular weight is 376 g/mol. The Morgan fingerprint density at radius 3 is 2.93 bits per heavy atom. The highest BCUT2D eigenvalue weighted by Gasteiger charge is 2.47. The van der Waals surface area contributed by atoms with Gasteiger partial charge in [0.25, 0.3) is 5.91 Å². The molecule has 1 spiro atoms. The second-order valence-electron chi connectivity index (χ2n) is 7.69. The molecule has 142 valence electrons. The second-order valence-corrected chi connectivity index (χ2v) is 7.69. The Kier molecular flexibility index (Phi) is 3.56. The molecule has 7 nitrogen and oxygen atoms in total. The largest absolute Gasteiger partial charge is 0.484 e. The summed E-state index contributed by atoms with van der Waals surface area (Å²) < 4.78 is 7.91. The molecule has 1 fully saturated rings. The van der Waals surface area contributed by atoms with Gasteiger partial charge in [0.05, 0.1) is 24.7 Å². The van der Waals surface area contributed by atoms with Crippen LogP contribution >= 0.6 is 0 Å². The van der Waals surface area contributed by atoms with Gasteiger partial charge in [-0.25, -0.2) is 9.50 Å². The number of Topliss-reactive ketones (excluding diaryl/α,β-unsaturated/α-hetero) is 1. The van der Waals surface area contributed by atoms with Gasteiger partial charge in [0.15, 0.2) is 11.4 Å². The number of benzene rings is 1. The van der Waals surface area contributed by atoms with Gasteiger partial charge in [0, 0.05) is 24.4 Å². The minimum absolute atomic E-state index is 0.0695. The van der Waals surface area contributed by atoms with Crippen LogP contribution in [0.15, 0.2) is 36.5 Å². The Labute approximate surface area is 161 Å². The van der Waals surface area contributed by atoms with Crippen LogP contribution in [0.1, 0.15) is 44.9 Å². The molecule has 0 bridgehead atoms. The Balaban J connectivity index is 1.44. The zero-order valence-electron chi connectivity index (χ0n) is 15.8. The van der Waals surface area contributed by atoms with Crippen LogP contribution in [0.25, 0.3) is 5.65 Å². The Morgan fingerprint density at radius 1 is 1.25 bits per heavy atom. The van der Waals surface area contributed by atoms with Crippen LogP contribution in [0.3, 0.4) is 0 Å². The predicted molar refractivity (Wildman–Crippen MR) is 102 cm³/mol. The van der Waals surface area contributed by atoms with E-state index >= 15 is 0 Å². The lowest BCUT2D eigenvalue weighted by atomic mass is 9.89. The van der Waals surface area contributed by atoms with Crippen molar-refractivity contribution in [3.8, 4) is 5.75 Å². The molecule has 1 atom stereocenters. The third-order valence-corrected chi connectivity index (χ3v) is 5.61. The lowest BCUT2D eigenvalue weighted by molar-refractivity contribution is 0.0429. The number of nitrogens with zero attached hydrogens (tertiary/aromatic N) is 4. The molecule has 1 aromatic carbocycles. The average Bonchev–Trinajstić information content (AvgIpc) is 3.26. The number of ketones is 1. The molecule has 5 rings (SSSR count). The number of aromatic nitrogens is 3. The Bertz CT molecular complexity index is 1140. The van der Waals surface area contributed by atoms with E-state index in [-0.39, 0.29) is 11.7 Å². The maximum atomic E-state index is 13.2. The van der Waals surface area contributed by atoms with Crippen molar-refractivity contribution in [3.63, 3.8) is 0 Å². The molecule has 1 amide bonds. The molecule has 3 aromatic rings. The lowest BCUT2D eigenvalue weighted by Crippen LogP contribution is -2.45. The van der Waals surface area contributed by atoms with Crippen molar-refractivity contribution >= 4 is 17.3 Å². The van der Waals surface area contributed by atoms with Crippen LogP contribution in [0.2, 0.25) is 0 Å². The number of likely N-dealkylation sites (tertiary alicyclic amines) is 1. The zero-order chi connectivity index (χ0) is 19.5. The number of hydrogen-bond donors (Lipinski definition) is 0. The molecule has 2 aliphatic heterocycles. The zero-order valence-corrected chi connectivity index (χ0v) is 15.8. The highest BCUT2D eigenvalue weighted by atomic mass is 16.5. The smallest absolute Gasteiger partial charge is 0.259 e. The summed E-state index contributed by atoms with van der Waals surface area (Å²) in [5.74, 6) is 0.552. The van der Waals surface area contributed by atoms with Crippen molar-refractivity contribution in [1.82, 2.24) is 19.5 Å². The molecule has 1 saturated heterocycles. The number of amides is 1. The molecular formula is C21H20N4O3.